The molecule has 0 spiro atoms. The SMILES string of the molecule is CC(C)C[C@H](NC(=O)[C@H](Cc1c[nH]c2ccccc12)NC(=O)OC(C)(C)C)C(=O)N[C@@H](CC(=O)O)C(=O)OCCc1ccccc1F. The molecule has 1 aromatic heterocycles. The van der Waals surface area contributed by atoms with E-state index in [1.54, 1.807) is 33.0 Å². The number of ether oxygens (including phenoxy) is 2. The summed E-state index contributed by atoms with van der Waals surface area (Å²) in [6, 6.07) is 9.46. The minimum absolute atomic E-state index is 0.0423. The van der Waals surface area contributed by atoms with E-state index in [-0.39, 0.29) is 31.8 Å². The first-order valence-electron chi connectivity index (χ1n) is 15.4. The lowest BCUT2D eigenvalue weighted by Gasteiger charge is -2.26. The van der Waals surface area contributed by atoms with Crippen LogP contribution in [0.25, 0.3) is 10.9 Å². The summed E-state index contributed by atoms with van der Waals surface area (Å²) in [7, 11) is 0. The summed E-state index contributed by atoms with van der Waals surface area (Å²) in [6.07, 6.45) is 0.347. The highest BCUT2D eigenvalue weighted by Gasteiger charge is 2.33. The molecule has 254 valence electrons. The third kappa shape index (κ3) is 11.7. The maximum absolute atomic E-state index is 13.9. The van der Waals surface area contributed by atoms with Crippen molar-refractivity contribution in [3.8, 4) is 0 Å². The molecular formula is C34H43FN4O8. The third-order valence-electron chi connectivity index (χ3n) is 7.00. The van der Waals surface area contributed by atoms with Crippen molar-refractivity contribution in [1.29, 1.82) is 0 Å². The lowest BCUT2D eigenvalue weighted by Crippen LogP contribution is -2.57. The van der Waals surface area contributed by atoms with E-state index in [0.717, 1.165) is 16.5 Å². The van der Waals surface area contributed by atoms with E-state index in [9.17, 15) is 33.5 Å². The van der Waals surface area contributed by atoms with Crippen molar-refractivity contribution in [1.82, 2.24) is 20.9 Å². The molecule has 5 N–H and O–H groups in total. The molecule has 47 heavy (non-hydrogen) atoms. The Balaban J connectivity index is 1.77. The molecular weight excluding hydrogens is 611 g/mol. The van der Waals surface area contributed by atoms with E-state index in [4.69, 9.17) is 9.47 Å². The number of aromatic nitrogens is 1. The molecule has 0 aliphatic rings. The van der Waals surface area contributed by atoms with Crippen molar-refractivity contribution in [3.05, 3.63) is 71.7 Å². The lowest BCUT2D eigenvalue weighted by molar-refractivity contribution is -0.152. The highest BCUT2D eigenvalue weighted by atomic mass is 19.1. The molecule has 0 saturated carbocycles. The number of H-pyrrole nitrogens is 1. The largest absolute Gasteiger partial charge is 0.481 e. The number of esters is 1. The number of carbonyl (C=O) groups is 5. The maximum Gasteiger partial charge on any atom is 0.408 e. The summed E-state index contributed by atoms with van der Waals surface area (Å²) >= 11 is 0. The van der Waals surface area contributed by atoms with Crippen LogP contribution in [0.15, 0.2) is 54.7 Å². The molecule has 0 unspecified atom stereocenters. The Morgan fingerprint density at radius 2 is 1.51 bits per heavy atom. The van der Waals surface area contributed by atoms with Gasteiger partial charge >= 0.3 is 18.0 Å². The van der Waals surface area contributed by atoms with Crippen LogP contribution in [0, 0.1) is 11.7 Å². The highest BCUT2D eigenvalue weighted by Crippen LogP contribution is 2.20. The van der Waals surface area contributed by atoms with E-state index in [1.165, 1.54) is 18.2 Å². The summed E-state index contributed by atoms with van der Waals surface area (Å²) in [5, 5.41) is 17.9. The second-order valence-electron chi connectivity index (χ2n) is 12.6. The number of alkyl carbamates (subject to hydrolysis) is 1. The Hall–Kier alpha value is -4.94. The summed E-state index contributed by atoms with van der Waals surface area (Å²) in [6.45, 7) is 8.44. The Bertz CT molecular complexity index is 1560. The monoisotopic (exact) mass is 654 g/mol. The average Bonchev–Trinajstić information content (AvgIpc) is 3.38. The van der Waals surface area contributed by atoms with Crippen LogP contribution in [0.2, 0.25) is 0 Å². The van der Waals surface area contributed by atoms with Gasteiger partial charge in [0, 0.05) is 29.9 Å². The molecule has 2 aromatic carbocycles. The molecule has 0 fully saturated rings. The molecule has 0 aliphatic heterocycles. The van der Waals surface area contributed by atoms with E-state index >= 15 is 0 Å². The second-order valence-corrected chi connectivity index (χ2v) is 12.6. The van der Waals surface area contributed by atoms with Crippen LogP contribution in [0.4, 0.5) is 9.18 Å². The van der Waals surface area contributed by atoms with Gasteiger partial charge in [-0.25, -0.2) is 14.0 Å². The second kappa shape index (κ2) is 16.6. The number of hydrogen-bond donors (Lipinski definition) is 5. The van der Waals surface area contributed by atoms with Gasteiger partial charge in [0.15, 0.2) is 0 Å². The van der Waals surface area contributed by atoms with Crippen LogP contribution < -0.4 is 16.0 Å². The predicted octanol–water partition coefficient (Wildman–Crippen LogP) is 4.02. The molecule has 3 aromatic rings. The van der Waals surface area contributed by atoms with Gasteiger partial charge in [0.05, 0.1) is 13.0 Å². The van der Waals surface area contributed by atoms with E-state index < -0.39 is 65.8 Å². The van der Waals surface area contributed by atoms with Crippen molar-refractivity contribution in [2.75, 3.05) is 6.61 Å². The van der Waals surface area contributed by atoms with Crippen LogP contribution in [0.5, 0.6) is 0 Å². The van der Waals surface area contributed by atoms with E-state index in [1.807, 2.05) is 38.1 Å². The van der Waals surface area contributed by atoms with Crippen molar-refractivity contribution in [3.63, 3.8) is 0 Å². The number of carbonyl (C=O) groups excluding carboxylic acids is 4. The quantitative estimate of drug-likeness (QED) is 0.153. The first-order valence-corrected chi connectivity index (χ1v) is 15.4. The van der Waals surface area contributed by atoms with Crippen LogP contribution in [-0.2, 0) is 41.5 Å². The fourth-order valence-electron chi connectivity index (χ4n) is 4.86. The fourth-order valence-corrected chi connectivity index (χ4v) is 4.86. The number of nitrogens with one attached hydrogen (secondary N) is 4. The van der Waals surface area contributed by atoms with Gasteiger partial charge in [0.2, 0.25) is 11.8 Å². The van der Waals surface area contributed by atoms with Crippen LogP contribution >= 0.6 is 0 Å². The number of fused-ring (bicyclic) bond motifs is 1. The number of para-hydroxylation sites is 1. The number of aliphatic carboxylic acids is 1. The van der Waals surface area contributed by atoms with Gasteiger partial charge < -0.3 is 35.5 Å². The zero-order valence-corrected chi connectivity index (χ0v) is 27.2. The Morgan fingerprint density at radius 3 is 2.17 bits per heavy atom. The van der Waals surface area contributed by atoms with E-state index in [0.29, 0.717) is 5.56 Å². The van der Waals surface area contributed by atoms with Gasteiger partial charge in [-0.15, -0.1) is 0 Å². The Kier molecular flexibility index (Phi) is 12.9. The number of benzene rings is 2. The Labute approximate surface area is 272 Å². The number of carboxylic acids is 1. The van der Waals surface area contributed by atoms with Gasteiger partial charge in [0.25, 0.3) is 0 Å². The molecule has 0 aliphatic carbocycles. The summed E-state index contributed by atoms with van der Waals surface area (Å²) in [5.74, 6) is -4.48. The van der Waals surface area contributed by atoms with Gasteiger partial charge in [-0.1, -0.05) is 50.2 Å². The lowest BCUT2D eigenvalue weighted by atomic mass is 10.0. The molecule has 13 heteroatoms. The van der Waals surface area contributed by atoms with Gasteiger partial charge in [-0.3, -0.25) is 14.4 Å². The van der Waals surface area contributed by atoms with Crippen LogP contribution in [-0.4, -0.2) is 70.3 Å². The molecule has 3 amide bonds. The molecule has 12 nitrogen and oxygen atoms in total. The molecule has 0 radical (unpaired) electrons. The van der Waals surface area contributed by atoms with Crippen molar-refractivity contribution in [2.45, 2.75) is 84.0 Å². The predicted molar refractivity (Wildman–Crippen MR) is 172 cm³/mol. The number of carboxylic acid groups (broad SMARTS) is 1. The van der Waals surface area contributed by atoms with Gasteiger partial charge in [0.1, 0.15) is 29.5 Å². The number of rotatable bonds is 15. The van der Waals surface area contributed by atoms with Gasteiger partial charge in [-0.05, 0) is 56.4 Å². The molecule has 3 atom stereocenters. The number of aromatic amines is 1. The number of hydrogen-bond acceptors (Lipinski definition) is 7. The van der Waals surface area contributed by atoms with E-state index in [2.05, 4.69) is 20.9 Å². The normalized spacial score (nSPS) is 13.3. The molecule has 3 rings (SSSR count). The standard InChI is InChI=1S/C34H43FN4O8/c1-20(2)16-26(30(42)38-28(18-29(40)41)32(44)46-15-14-21-10-6-8-12-24(21)35)37-31(43)27(39-33(45)47-34(3,4)5)17-22-19-36-25-13-9-7-11-23(22)25/h6-13,19-20,26-28,36H,14-18H2,1-5H3,(H,37,43)(H,38,42)(H,39,45)(H,40,41)/t26-,27-,28-/m0/s1. The average molecular weight is 655 g/mol. The smallest absolute Gasteiger partial charge is 0.408 e. The number of amides is 3. The topological polar surface area (TPSA) is 176 Å². The third-order valence-corrected chi connectivity index (χ3v) is 7.00. The summed E-state index contributed by atoms with van der Waals surface area (Å²) in [4.78, 5) is 67.5. The van der Waals surface area contributed by atoms with Crippen LogP contribution in [0.3, 0.4) is 0 Å². The van der Waals surface area contributed by atoms with Crippen molar-refractivity contribution < 1.29 is 42.9 Å². The zero-order chi connectivity index (χ0) is 34.7. The molecule has 1 heterocycles. The highest BCUT2D eigenvalue weighted by molar-refractivity contribution is 5.94. The first kappa shape index (κ1) is 36.5. The Morgan fingerprint density at radius 1 is 0.872 bits per heavy atom. The van der Waals surface area contributed by atoms with Gasteiger partial charge in [-0.2, -0.15) is 0 Å². The fraction of sp³-hybridized carbons (Fsp3) is 0.441. The zero-order valence-electron chi connectivity index (χ0n) is 27.2. The maximum atomic E-state index is 13.9. The minimum atomic E-state index is -1.57. The minimum Gasteiger partial charge on any atom is -0.481 e. The summed E-state index contributed by atoms with van der Waals surface area (Å²) in [5.41, 5.74) is 1.04. The summed E-state index contributed by atoms with van der Waals surface area (Å²) < 4.78 is 24.5. The number of halogens is 1. The molecule has 0 saturated heterocycles. The van der Waals surface area contributed by atoms with Crippen molar-refractivity contribution >= 4 is 40.7 Å². The first-order chi connectivity index (χ1) is 22.1. The van der Waals surface area contributed by atoms with Crippen LogP contribution in [0.1, 0.15) is 58.6 Å². The molecule has 0 bridgehead atoms. The van der Waals surface area contributed by atoms with Crippen molar-refractivity contribution in [2.24, 2.45) is 5.92 Å².